The Labute approximate surface area is 67.9 Å². The predicted molar refractivity (Wildman–Crippen MR) is 45.7 cm³/mol. The number of rotatable bonds is 2. The van der Waals surface area contributed by atoms with Crippen molar-refractivity contribution in [1.82, 2.24) is 5.48 Å². The molecule has 11 heavy (non-hydrogen) atoms. The average Bonchev–Trinajstić information content (AvgIpc) is 1.98. The van der Waals surface area contributed by atoms with Crippen LogP contribution in [0, 0.1) is 5.92 Å². The van der Waals surface area contributed by atoms with Gasteiger partial charge in [0.1, 0.15) is 0 Å². The minimum absolute atomic E-state index is 0.267. The zero-order valence-corrected chi connectivity index (χ0v) is 7.13. The van der Waals surface area contributed by atoms with E-state index in [1.807, 2.05) is 6.08 Å². The lowest BCUT2D eigenvalue weighted by Crippen LogP contribution is -2.31. The Morgan fingerprint density at radius 2 is 2.45 bits per heavy atom. The molecule has 0 amide bonds. The normalized spacial score (nSPS) is 30.5. The summed E-state index contributed by atoms with van der Waals surface area (Å²) in [5.41, 5.74) is 4.01. The molecule has 1 heterocycles. The van der Waals surface area contributed by atoms with Gasteiger partial charge < -0.3 is 0 Å². The molecule has 0 radical (unpaired) electrons. The molecule has 1 N–H and O–H groups in total. The number of hydroxylamine groups is 1. The molecule has 0 aromatic rings. The van der Waals surface area contributed by atoms with Gasteiger partial charge in [-0.05, 0) is 6.92 Å². The van der Waals surface area contributed by atoms with Gasteiger partial charge >= 0.3 is 0 Å². The van der Waals surface area contributed by atoms with Crippen LogP contribution >= 0.6 is 0 Å². The Morgan fingerprint density at radius 1 is 1.73 bits per heavy atom. The molecule has 2 atom stereocenters. The van der Waals surface area contributed by atoms with Crippen molar-refractivity contribution in [2.75, 3.05) is 0 Å². The zero-order valence-electron chi connectivity index (χ0n) is 7.13. The van der Waals surface area contributed by atoms with Crippen molar-refractivity contribution in [2.24, 2.45) is 5.92 Å². The Morgan fingerprint density at radius 3 is 3.00 bits per heavy atom. The summed E-state index contributed by atoms with van der Waals surface area (Å²) in [6.45, 7) is 7.86. The first-order valence-corrected chi connectivity index (χ1v) is 3.97. The van der Waals surface area contributed by atoms with Crippen LogP contribution in [0.2, 0.25) is 0 Å². The van der Waals surface area contributed by atoms with Crippen molar-refractivity contribution in [3.05, 3.63) is 24.4 Å². The van der Waals surface area contributed by atoms with Crippen LogP contribution in [-0.4, -0.2) is 6.10 Å². The largest absolute Gasteiger partial charge is 0.273 e. The maximum atomic E-state index is 5.29. The van der Waals surface area contributed by atoms with Crippen LogP contribution in [0.1, 0.15) is 20.3 Å². The molecule has 0 fully saturated rings. The van der Waals surface area contributed by atoms with Gasteiger partial charge in [-0.2, -0.15) is 0 Å². The summed E-state index contributed by atoms with van der Waals surface area (Å²) in [6, 6.07) is 0. The predicted octanol–water partition coefficient (Wildman–Crippen LogP) is 2.01. The maximum absolute atomic E-state index is 5.29. The molecule has 0 spiro atoms. The van der Waals surface area contributed by atoms with Gasteiger partial charge in [-0.15, -0.1) is 6.58 Å². The Balaban J connectivity index is 2.55. The van der Waals surface area contributed by atoms with Crippen molar-refractivity contribution in [2.45, 2.75) is 26.4 Å². The summed E-state index contributed by atoms with van der Waals surface area (Å²) in [5, 5.41) is 0. The Kier molecular flexibility index (Phi) is 2.71. The van der Waals surface area contributed by atoms with Gasteiger partial charge in [-0.1, -0.05) is 19.1 Å². The van der Waals surface area contributed by atoms with Crippen LogP contribution in [0.3, 0.4) is 0 Å². The van der Waals surface area contributed by atoms with Gasteiger partial charge in [0.15, 0.2) is 0 Å². The molecule has 1 aliphatic heterocycles. The van der Waals surface area contributed by atoms with Gasteiger partial charge in [-0.25, -0.2) is 0 Å². The van der Waals surface area contributed by atoms with E-state index in [4.69, 9.17) is 4.84 Å². The van der Waals surface area contributed by atoms with Gasteiger partial charge in [-0.3, -0.25) is 10.3 Å². The SMILES string of the molecule is C=CCC1=CC(C)C(C)ON1. The molecule has 0 saturated carbocycles. The smallest absolute Gasteiger partial charge is 0.0886 e. The van der Waals surface area contributed by atoms with E-state index in [2.05, 4.69) is 32.0 Å². The third-order valence-corrected chi connectivity index (χ3v) is 1.94. The zero-order chi connectivity index (χ0) is 8.27. The number of nitrogens with one attached hydrogen (secondary N) is 1. The topological polar surface area (TPSA) is 21.3 Å². The third kappa shape index (κ3) is 2.09. The van der Waals surface area contributed by atoms with E-state index < -0.39 is 0 Å². The molecule has 0 aliphatic carbocycles. The summed E-state index contributed by atoms with van der Waals surface area (Å²) in [6.07, 6.45) is 5.18. The van der Waals surface area contributed by atoms with E-state index in [-0.39, 0.29) is 6.10 Å². The third-order valence-electron chi connectivity index (χ3n) is 1.94. The molecule has 2 unspecified atom stereocenters. The number of hydrogen-bond donors (Lipinski definition) is 1. The lowest BCUT2D eigenvalue weighted by Gasteiger charge is -2.25. The Bertz CT molecular complexity index is 174. The van der Waals surface area contributed by atoms with Gasteiger partial charge in [0.05, 0.1) is 6.10 Å². The molecule has 1 aliphatic rings. The fraction of sp³-hybridized carbons (Fsp3) is 0.556. The highest BCUT2D eigenvalue weighted by Crippen LogP contribution is 2.16. The minimum Gasteiger partial charge on any atom is -0.273 e. The second-order valence-electron chi connectivity index (χ2n) is 2.97. The van der Waals surface area contributed by atoms with Crippen LogP contribution in [0.25, 0.3) is 0 Å². The van der Waals surface area contributed by atoms with Crippen molar-refractivity contribution in [1.29, 1.82) is 0 Å². The molecule has 0 aromatic heterocycles. The minimum atomic E-state index is 0.267. The summed E-state index contributed by atoms with van der Waals surface area (Å²) < 4.78 is 0. The lowest BCUT2D eigenvalue weighted by molar-refractivity contribution is -0.0292. The first-order chi connectivity index (χ1) is 5.24. The van der Waals surface area contributed by atoms with Crippen LogP contribution in [0.15, 0.2) is 24.4 Å². The first kappa shape index (κ1) is 8.34. The van der Waals surface area contributed by atoms with Crippen molar-refractivity contribution in [3.8, 4) is 0 Å². The monoisotopic (exact) mass is 153 g/mol. The van der Waals surface area contributed by atoms with E-state index in [0.29, 0.717) is 5.92 Å². The van der Waals surface area contributed by atoms with Crippen molar-refractivity contribution < 1.29 is 4.84 Å². The average molecular weight is 153 g/mol. The number of hydrogen-bond acceptors (Lipinski definition) is 2. The molecule has 0 aromatic carbocycles. The standard InChI is InChI=1S/C9H15NO/c1-4-5-9-6-7(2)8(3)11-10-9/h4,6-8,10H,1,5H2,2-3H3. The van der Waals surface area contributed by atoms with E-state index in [1.54, 1.807) is 0 Å². The van der Waals surface area contributed by atoms with Crippen LogP contribution in [0.5, 0.6) is 0 Å². The summed E-state index contributed by atoms with van der Waals surface area (Å²) in [7, 11) is 0. The quantitative estimate of drug-likeness (QED) is 0.613. The fourth-order valence-electron chi connectivity index (χ4n) is 1.03. The highest BCUT2D eigenvalue weighted by Gasteiger charge is 2.16. The van der Waals surface area contributed by atoms with Crippen LogP contribution < -0.4 is 5.48 Å². The van der Waals surface area contributed by atoms with Crippen molar-refractivity contribution >= 4 is 0 Å². The van der Waals surface area contributed by atoms with Crippen LogP contribution in [-0.2, 0) is 4.84 Å². The van der Waals surface area contributed by atoms with E-state index in [9.17, 15) is 0 Å². The maximum Gasteiger partial charge on any atom is 0.0886 e. The van der Waals surface area contributed by atoms with Gasteiger partial charge in [0, 0.05) is 18.0 Å². The molecule has 0 saturated heterocycles. The lowest BCUT2D eigenvalue weighted by atomic mass is 10.0. The van der Waals surface area contributed by atoms with E-state index in [0.717, 1.165) is 12.1 Å². The van der Waals surface area contributed by atoms with E-state index in [1.165, 1.54) is 0 Å². The van der Waals surface area contributed by atoms with Crippen LogP contribution in [0.4, 0.5) is 0 Å². The first-order valence-electron chi connectivity index (χ1n) is 3.97. The molecule has 0 bridgehead atoms. The molecular formula is C9H15NO. The molecule has 62 valence electrons. The van der Waals surface area contributed by atoms with Gasteiger partial charge in [0.2, 0.25) is 0 Å². The summed E-state index contributed by atoms with van der Waals surface area (Å²) in [5.74, 6) is 0.492. The summed E-state index contributed by atoms with van der Waals surface area (Å²) in [4.78, 5) is 5.29. The summed E-state index contributed by atoms with van der Waals surface area (Å²) >= 11 is 0. The van der Waals surface area contributed by atoms with Gasteiger partial charge in [0.25, 0.3) is 0 Å². The molecule has 2 heteroatoms. The van der Waals surface area contributed by atoms with E-state index >= 15 is 0 Å². The highest BCUT2D eigenvalue weighted by molar-refractivity contribution is 5.07. The Hall–Kier alpha value is -0.760. The number of allylic oxidation sites excluding steroid dienone is 1. The molecule has 1 rings (SSSR count). The molecule has 2 nitrogen and oxygen atoms in total. The fourth-order valence-corrected chi connectivity index (χ4v) is 1.03. The second kappa shape index (κ2) is 3.58. The highest BCUT2D eigenvalue weighted by atomic mass is 16.7. The van der Waals surface area contributed by atoms with Crippen molar-refractivity contribution in [3.63, 3.8) is 0 Å². The second-order valence-corrected chi connectivity index (χ2v) is 2.97. The molecular weight excluding hydrogens is 138 g/mol.